The van der Waals surface area contributed by atoms with Crippen LogP contribution in [0.3, 0.4) is 0 Å². The fourth-order valence-electron chi connectivity index (χ4n) is 2.30. The zero-order chi connectivity index (χ0) is 12.3. The monoisotopic (exact) mass is 241 g/mol. The minimum absolute atomic E-state index is 0.0568. The molecule has 2 aliphatic rings. The second-order valence-electron chi connectivity index (χ2n) is 4.69. The lowest BCUT2D eigenvalue weighted by molar-refractivity contribution is -0.136. The van der Waals surface area contributed by atoms with Crippen molar-refractivity contribution in [2.24, 2.45) is 5.92 Å². The average molecular weight is 241 g/mol. The molecule has 0 aromatic rings. The summed E-state index contributed by atoms with van der Waals surface area (Å²) in [6.07, 6.45) is 1.72. The Morgan fingerprint density at radius 3 is 2.65 bits per heavy atom. The van der Waals surface area contributed by atoms with Crippen LogP contribution in [-0.2, 0) is 9.59 Å². The third kappa shape index (κ3) is 2.95. The minimum atomic E-state index is -0.293. The average Bonchev–Trinajstić information content (AvgIpc) is 2.39. The number of piperidine rings is 1. The van der Waals surface area contributed by atoms with Gasteiger partial charge in [-0.15, -0.1) is 0 Å². The van der Waals surface area contributed by atoms with Crippen molar-refractivity contribution < 1.29 is 14.7 Å². The van der Waals surface area contributed by atoms with Crippen LogP contribution in [0, 0.1) is 5.92 Å². The van der Waals surface area contributed by atoms with E-state index >= 15 is 0 Å². The van der Waals surface area contributed by atoms with Crippen LogP contribution in [0.25, 0.3) is 0 Å². The summed E-state index contributed by atoms with van der Waals surface area (Å²) in [7, 11) is 0. The molecule has 96 valence electrons. The Labute approximate surface area is 100 Å². The van der Waals surface area contributed by atoms with E-state index in [2.05, 4.69) is 10.6 Å². The van der Waals surface area contributed by atoms with Gasteiger partial charge in [-0.3, -0.25) is 14.9 Å². The van der Waals surface area contributed by atoms with Crippen LogP contribution < -0.4 is 10.6 Å². The van der Waals surface area contributed by atoms with Gasteiger partial charge >= 0.3 is 0 Å². The maximum atomic E-state index is 12.1. The molecule has 0 bridgehead atoms. The Morgan fingerprint density at radius 1 is 1.41 bits per heavy atom. The normalized spacial score (nSPS) is 26.8. The molecule has 0 radical (unpaired) electrons. The highest BCUT2D eigenvalue weighted by molar-refractivity contribution is 5.86. The molecule has 2 saturated heterocycles. The lowest BCUT2D eigenvalue weighted by atomic mass is 9.97. The molecule has 0 aliphatic carbocycles. The van der Waals surface area contributed by atoms with E-state index in [1.807, 2.05) is 4.90 Å². The van der Waals surface area contributed by atoms with Crippen LogP contribution in [0.1, 0.15) is 12.8 Å². The maximum Gasteiger partial charge on any atom is 0.241 e. The Kier molecular flexibility index (Phi) is 3.96. The van der Waals surface area contributed by atoms with Gasteiger partial charge in [-0.05, 0) is 18.8 Å². The molecule has 2 aliphatic heterocycles. The molecule has 2 amide bonds. The quantitative estimate of drug-likeness (QED) is 0.538. The van der Waals surface area contributed by atoms with E-state index in [4.69, 9.17) is 5.11 Å². The van der Waals surface area contributed by atoms with Crippen molar-refractivity contribution in [2.45, 2.75) is 18.9 Å². The van der Waals surface area contributed by atoms with E-state index in [9.17, 15) is 9.59 Å². The second kappa shape index (κ2) is 5.46. The van der Waals surface area contributed by atoms with Crippen molar-refractivity contribution in [3.63, 3.8) is 0 Å². The number of rotatable bonds is 2. The highest BCUT2D eigenvalue weighted by Gasteiger charge is 2.30. The Hall–Kier alpha value is -1.14. The topological polar surface area (TPSA) is 81.7 Å². The molecule has 1 unspecified atom stereocenters. The van der Waals surface area contributed by atoms with Crippen molar-refractivity contribution >= 4 is 11.8 Å². The van der Waals surface area contributed by atoms with E-state index in [0.717, 1.165) is 12.8 Å². The summed E-state index contributed by atoms with van der Waals surface area (Å²) in [4.78, 5) is 24.9. The van der Waals surface area contributed by atoms with Crippen LogP contribution in [-0.4, -0.2) is 60.6 Å². The number of piperazine rings is 1. The van der Waals surface area contributed by atoms with E-state index in [-0.39, 0.29) is 31.0 Å². The van der Waals surface area contributed by atoms with Gasteiger partial charge in [0.2, 0.25) is 11.8 Å². The number of nitrogens with zero attached hydrogens (tertiary/aromatic N) is 1. The van der Waals surface area contributed by atoms with Crippen molar-refractivity contribution in [2.75, 3.05) is 32.8 Å². The van der Waals surface area contributed by atoms with E-state index in [1.165, 1.54) is 0 Å². The molecule has 0 saturated carbocycles. The van der Waals surface area contributed by atoms with E-state index < -0.39 is 0 Å². The highest BCUT2D eigenvalue weighted by atomic mass is 16.3. The zero-order valence-electron chi connectivity index (χ0n) is 9.82. The van der Waals surface area contributed by atoms with Gasteiger partial charge in [-0.1, -0.05) is 0 Å². The van der Waals surface area contributed by atoms with E-state index in [0.29, 0.717) is 25.6 Å². The first-order valence-electron chi connectivity index (χ1n) is 6.10. The van der Waals surface area contributed by atoms with Crippen molar-refractivity contribution in [3.8, 4) is 0 Å². The molecule has 0 aromatic carbocycles. The number of aliphatic hydroxyl groups excluding tert-OH is 1. The number of carbonyl (C=O) groups is 2. The largest absolute Gasteiger partial charge is 0.396 e. The lowest BCUT2D eigenvalue weighted by Crippen LogP contribution is -2.59. The van der Waals surface area contributed by atoms with Gasteiger partial charge < -0.3 is 15.3 Å². The molecule has 0 aromatic heterocycles. The lowest BCUT2D eigenvalue weighted by Gasteiger charge is -2.34. The molecule has 17 heavy (non-hydrogen) atoms. The van der Waals surface area contributed by atoms with Crippen LogP contribution >= 0.6 is 0 Å². The van der Waals surface area contributed by atoms with Crippen LogP contribution in [0.15, 0.2) is 0 Å². The van der Waals surface area contributed by atoms with Crippen LogP contribution in [0.2, 0.25) is 0 Å². The number of amides is 2. The molecule has 6 nitrogen and oxygen atoms in total. The fourth-order valence-corrected chi connectivity index (χ4v) is 2.30. The van der Waals surface area contributed by atoms with Gasteiger partial charge in [0, 0.05) is 26.2 Å². The summed E-state index contributed by atoms with van der Waals surface area (Å²) in [5.74, 6) is 0.326. The maximum absolute atomic E-state index is 12.1. The molecule has 2 fully saturated rings. The first-order chi connectivity index (χ1) is 8.20. The molecular formula is C11H19N3O3. The highest BCUT2D eigenvalue weighted by Crippen LogP contribution is 2.17. The van der Waals surface area contributed by atoms with Crippen LogP contribution in [0.4, 0.5) is 0 Å². The number of carbonyl (C=O) groups excluding carboxylic acids is 2. The Balaban J connectivity index is 1.82. The molecule has 1 atom stereocenters. The summed E-state index contributed by atoms with van der Waals surface area (Å²) in [5.41, 5.74) is 0. The summed E-state index contributed by atoms with van der Waals surface area (Å²) in [6.45, 7) is 2.20. The molecular weight excluding hydrogens is 222 g/mol. The van der Waals surface area contributed by atoms with Gasteiger partial charge in [-0.25, -0.2) is 0 Å². The Bertz CT molecular complexity index is 290. The predicted octanol–water partition coefficient (Wildman–Crippen LogP) is -1.69. The first-order valence-corrected chi connectivity index (χ1v) is 6.10. The SMILES string of the molecule is O=C1CNC(C(=O)N2CCC(CO)CC2)CN1. The van der Waals surface area contributed by atoms with Crippen molar-refractivity contribution in [1.82, 2.24) is 15.5 Å². The van der Waals surface area contributed by atoms with E-state index in [1.54, 1.807) is 0 Å². The third-order valence-electron chi connectivity index (χ3n) is 3.49. The first kappa shape index (κ1) is 12.3. The van der Waals surface area contributed by atoms with Gasteiger partial charge in [-0.2, -0.15) is 0 Å². The van der Waals surface area contributed by atoms with Gasteiger partial charge in [0.25, 0.3) is 0 Å². The number of nitrogens with one attached hydrogen (secondary N) is 2. The van der Waals surface area contributed by atoms with Crippen molar-refractivity contribution in [1.29, 1.82) is 0 Å². The third-order valence-corrected chi connectivity index (χ3v) is 3.49. The summed E-state index contributed by atoms with van der Waals surface area (Å²) < 4.78 is 0. The molecule has 6 heteroatoms. The molecule has 3 N–H and O–H groups in total. The number of likely N-dealkylation sites (tertiary alicyclic amines) is 1. The van der Waals surface area contributed by atoms with Gasteiger partial charge in [0.1, 0.15) is 6.04 Å². The smallest absolute Gasteiger partial charge is 0.241 e. The van der Waals surface area contributed by atoms with Crippen molar-refractivity contribution in [3.05, 3.63) is 0 Å². The fraction of sp³-hybridized carbons (Fsp3) is 0.818. The summed E-state index contributed by atoms with van der Waals surface area (Å²) in [5, 5.41) is 14.7. The van der Waals surface area contributed by atoms with Gasteiger partial charge in [0.15, 0.2) is 0 Å². The second-order valence-corrected chi connectivity index (χ2v) is 4.69. The molecule has 2 heterocycles. The minimum Gasteiger partial charge on any atom is -0.396 e. The zero-order valence-corrected chi connectivity index (χ0v) is 9.82. The summed E-state index contributed by atoms with van der Waals surface area (Å²) in [6, 6.07) is -0.293. The molecule has 0 spiro atoms. The predicted molar refractivity (Wildman–Crippen MR) is 61.2 cm³/mol. The Morgan fingerprint density at radius 2 is 2.12 bits per heavy atom. The number of aliphatic hydroxyl groups is 1. The number of hydrogen-bond donors (Lipinski definition) is 3. The summed E-state index contributed by atoms with van der Waals surface area (Å²) >= 11 is 0. The number of hydrogen-bond acceptors (Lipinski definition) is 4. The van der Waals surface area contributed by atoms with Crippen LogP contribution in [0.5, 0.6) is 0 Å². The van der Waals surface area contributed by atoms with Gasteiger partial charge in [0.05, 0.1) is 6.54 Å². The molecule has 2 rings (SSSR count). The standard InChI is InChI=1S/C11H19N3O3/c15-7-8-1-3-14(4-2-8)11(17)9-5-13-10(16)6-12-9/h8-9,12,15H,1-7H2,(H,13,16).